The molecule has 17 heavy (non-hydrogen) atoms. The van der Waals surface area contributed by atoms with Crippen molar-refractivity contribution in [2.45, 2.75) is 0 Å². The van der Waals surface area contributed by atoms with Crippen LogP contribution in [0.3, 0.4) is 0 Å². The highest BCUT2D eigenvalue weighted by atomic mass is 32.1. The van der Waals surface area contributed by atoms with Gasteiger partial charge in [0.2, 0.25) is 5.91 Å². The molecule has 0 fully saturated rings. The lowest BCUT2D eigenvalue weighted by Crippen LogP contribution is -2.08. The Morgan fingerprint density at radius 2 is 2.35 bits per heavy atom. The number of thiol groups is 1. The van der Waals surface area contributed by atoms with Gasteiger partial charge in [0.05, 0.1) is 23.3 Å². The third-order valence-corrected chi connectivity index (χ3v) is 2.50. The number of nitrogens with zero attached hydrogens (tertiary/aromatic N) is 3. The SMILES string of the molecule is N#Cc1ccc2c(cnn2/C(S)=C/C(N)=O)c1. The van der Waals surface area contributed by atoms with Crippen LogP contribution in [-0.2, 0) is 4.79 Å². The average molecular weight is 244 g/mol. The van der Waals surface area contributed by atoms with Gasteiger partial charge < -0.3 is 5.73 Å². The Kier molecular flexibility index (Phi) is 2.85. The Morgan fingerprint density at radius 1 is 1.59 bits per heavy atom. The second-order valence-electron chi connectivity index (χ2n) is 3.35. The summed E-state index contributed by atoms with van der Waals surface area (Å²) in [7, 11) is 0. The van der Waals surface area contributed by atoms with E-state index in [2.05, 4.69) is 17.7 Å². The molecule has 1 aromatic carbocycles. The average Bonchev–Trinajstić information content (AvgIpc) is 2.70. The van der Waals surface area contributed by atoms with Crippen molar-refractivity contribution in [2.24, 2.45) is 5.73 Å². The molecule has 0 spiro atoms. The number of fused-ring (bicyclic) bond motifs is 1. The van der Waals surface area contributed by atoms with Crippen molar-refractivity contribution in [3.63, 3.8) is 0 Å². The summed E-state index contributed by atoms with van der Waals surface area (Å²) in [6.07, 6.45) is 2.77. The van der Waals surface area contributed by atoms with Crippen molar-refractivity contribution < 1.29 is 4.79 Å². The highest BCUT2D eigenvalue weighted by molar-refractivity contribution is 7.90. The summed E-state index contributed by atoms with van der Waals surface area (Å²) < 4.78 is 1.48. The van der Waals surface area contributed by atoms with Crippen LogP contribution in [-0.4, -0.2) is 15.7 Å². The summed E-state index contributed by atoms with van der Waals surface area (Å²) >= 11 is 4.15. The third-order valence-electron chi connectivity index (χ3n) is 2.19. The Balaban J connectivity index is 2.58. The van der Waals surface area contributed by atoms with Gasteiger partial charge in [-0.05, 0) is 18.2 Å². The molecule has 2 rings (SSSR count). The summed E-state index contributed by atoms with van der Waals surface area (Å²) in [5.41, 5.74) is 6.35. The van der Waals surface area contributed by atoms with Crippen LogP contribution in [0.15, 0.2) is 30.5 Å². The minimum atomic E-state index is -0.590. The van der Waals surface area contributed by atoms with Gasteiger partial charge in [0.15, 0.2) is 0 Å². The van der Waals surface area contributed by atoms with E-state index in [1.165, 1.54) is 10.8 Å². The molecule has 84 valence electrons. The summed E-state index contributed by atoms with van der Waals surface area (Å²) in [6.45, 7) is 0. The van der Waals surface area contributed by atoms with Crippen molar-refractivity contribution in [3.05, 3.63) is 36.0 Å². The highest BCUT2D eigenvalue weighted by Crippen LogP contribution is 2.20. The molecule has 2 aromatic rings. The zero-order chi connectivity index (χ0) is 12.4. The predicted molar refractivity (Wildman–Crippen MR) is 66.9 cm³/mol. The van der Waals surface area contributed by atoms with Gasteiger partial charge in [0.25, 0.3) is 0 Å². The lowest BCUT2D eigenvalue weighted by molar-refractivity contribution is -0.113. The Hall–Kier alpha value is -2.26. The molecule has 0 saturated carbocycles. The highest BCUT2D eigenvalue weighted by Gasteiger charge is 2.06. The number of nitrogens with two attached hydrogens (primary N) is 1. The Labute approximate surface area is 103 Å². The monoisotopic (exact) mass is 244 g/mol. The largest absolute Gasteiger partial charge is 0.366 e. The van der Waals surface area contributed by atoms with E-state index >= 15 is 0 Å². The molecule has 0 aliphatic rings. The second kappa shape index (κ2) is 4.31. The maximum atomic E-state index is 10.8. The fourth-order valence-corrected chi connectivity index (χ4v) is 1.76. The molecule has 5 nitrogen and oxygen atoms in total. The molecule has 0 radical (unpaired) electrons. The molecular formula is C11H8N4OS. The van der Waals surface area contributed by atoms with Crippen molar-refractivity contribution in [3.8, 4) is 6.07 Å². The van der Waals surface area contributed by atoms with Gasteiger partial charge in [-0.25, -0.2) is 4.68 Å². The quantitative estimate of drug-likeness (QED) is 0.613. The van der Waals surface area contributed by atoms with Gasteiger partial charge in [-0.3, -0.25) is 4.79 Å². The van der Waals surface area contributed by atoms with Gasteiger partial charge in [0.1, 0.15) is 5.03 Å². The minimum absolute atomic E-state index is 0.331. The summed E-state index contributed by atoms with van der Waals surface area (Å²) in [5, 5.41) is 14.0. The van der Waals surface area contributed by atoms with Crippen LogP contribution in [0.1, 0.15) is 5.56 Å². The number of benzene rings is 1. The first-order valence-corrected chi connectivity index (χ1v) is 5.15. The molecule has 0 saturated heterocycles. The normalized spacial score (nSPS) is 11.4. The van der Waals surface area contributed by atoms with Gasteiger partial charge >= 0.3 is 0 Å². The number of carbonyl (C=O) groups excluding carboxylic acids is 1. The van der Waals surface area contributed by atoms with Crippen LogP contribution >= 0.6 is 12.6 Å². The molecule has 0 atom stereocenters. The number of hydrogen-bond acceptors (Lipinski definition) is 4. The van der Waals surface area contributed by atoms with Crippen LogP contribution in [0.4, 0.5) is 0 Å². The van der Waals surface area contributed by atoms with Crippen LogP contribution in [0, 0.1) is 11.3 Å². The summed E-state index contributed by atoms with van der Waals surface area (Å²) in [5.74, 6) is -0.590. The topological polar surface area (TPSA) is 84.7 Å². The maximum Gasteiger partial charge on any atom is 0.244 e. The minimum Gasteiger partial charge on any atom is -0.366 e. The fourth-order valence-electron chi connectivity index (χ4n) is 1.47. The van der Waals surface area contributed by atoms with Crippen molar-refractivity contribution in [1.29, 1.82) is 5.26 Å². The summed E-state index contributed by atoms with van der Waals surface area (Å²) in [6, 6.07) is 7.17. The molecule has 1 aromatic heterocycles. The van der Waals surface area contributed by atoms with E-state index in [-0.39, 0.29) is 0 Å². The number of hydrogen-bond donors (Lipinski definition) is 2. The molecule has 0 aliphatic heterocycles. The van der Waals surface area contributed by atoms with Crippen LogP contribution < -0.4 is 5.73 Å². The Morgan fingerprint density at radius 3 is 3.00 bits per heavy atom. The predicted octanol–water partition coefficient (Wildman–Crippen LogP) is 1.12. The molecule has 1 amide bonds. The molecule has 1 heterocycles. The molecule has 0 aliphatic carbocycles. The first-order valence-electron chi connectivity index (χ1n) is 4.70. The van der Waals surface area contributed by atoms with E-state index in [4.69, 9.17) is 11.0 Å². The Bertz CT molecular complexity index is 666. The first-order chi connectivity index (χ1) is 8.11. The van der Waals surface area contributed by atoms with Gasteiger partial charge in [0, 0.05) is 11.5 Å². The standard InChI is InChI=1S/C11H8N4OS/c12-5-7-1-2-9-8(3-7)6-14-15(9)11(17)4-10(13)16/h1-4,6,17H,(H2,13,16)/b11-4-. The van der Waals surface area contributed by atoms with E-state index < -0.39 is 5.91 Å². The van der Waals surface area contributed by atoms with E-state index in [0.29, 0.717) is 10.6 Å². The number of amides is 1. The number of nitriles is 1. The number of rotatable bonds is 2. The third kappa shape index (κ3) is 2.14. The van der Waals surface area contributed by atoms with Crippen molar-refractivity contribution >= 4 is 34.5 Å². The van der Waals surface area contributed by atoms with Crippen molar-refractivity contribution in [2.75, 3.05) is 0 Å². The van der Waals surface area contributed by atoms with Gasteiger partial charge in [-0.2, -0.15) is 10.4 Å². The summed E-state index contributed by atoms with van der Waals surface area (Å²) in [4.78, 5) is 10.8. The zero-order valence-corrected chi connectivity index (χ0v) is 9.56. The lowest BCUT2D eigenvalue weighted by atomic mass is 10.2. The molecular weight excluding hydrogens is 236 g/mol. The lowest BCUT2D eigenvalue weighted by Gasteiger charge is -2.01. The van der Waals surface area contributed by atoms with Crippen LogP contribution in [0.2, 0.25) is 0 Å². The fraction of sp³-hybridized carbons (Fsp3) is 0. The van der Waals surface area contributed by atoms with Crippen molar-refractivity contribution in [1.82, 2.24) is 9.78 Å². The number of aromatic nitrogens is 2. The van der Waals surface area contributed by atoms with E-state index in [1.54, 1.807) is 24.4 Å². The van der Waals surface area contributed by atoms with E-state index in [9.17, 15) is 4.79 Å². The number of carbonyl (C=O) groups is 1. The number of primary amides is 1. The zero-order valence-electron chi connectivity index (χ0n) is 8.66. The van der Waals surface area contributed by atoms with Gasteiger partial charge in [-0.15, -0.1) is 12.6 Å². The molecule has 0 unspecified atom stereocenters. The molecule has 2 N–H and O–H groups in total. The second-order valence-corrected chi connectivity index (χ2v) is 3.80. The van der Waals surface area contributed by atoms with E-state index in [1.807, 2.05) is 6.07 Å². The van der Waals surface area contributed by atoms with Crippen LogP contribution in [0.5, 0.6) is 0 Å². The smallest absolute Gasteiger partial charge is 0.244 e. The molecule has 0 bridgehead atoms. The maximum absolute atomic E-state index is 10.8. The van der Waals surface area contributed by atoms with Crippen LogP contribution in [0.25, 0.3) is 15.9 Å². The first kappa shape index (κ1) is 11.2. The van der Waals surface area contributed by atoms with Gasteiger partial charge in [-0.1, -0.05) is 0 Å². The van der Waals surface area contributed by atoms with E-state index in [0.717, 1.165) is 10.9 Å². The molecule has 6 heteroatoms.